The molecular formula is C13H20O2. The first-order valence-electron chi connectivity index (χ1n) is 5.36. The molecule has 0 bridgehead atoms. The van der Waals surface area contributed by atoms with Crippen LogP contribution in [0.2, 0.25) is 0 Å². The van der Waals surface area contributed by atoms with Crippen molar-refractivity contribution in [3.8, 4) is 0 Å². The van der Waals surface area contributed by atoms with Gasteiger partial charge in [-0.15, -0.1) is 0 Å². The lowest BCUT2D eigenvalue weighted by atomic mass is 10.2. The minimum atomic E-state index is -0.210. The van der Waals surface area contributed by atoms with Crippen molar-refractivity contribution in [3.05, 3.63) is 36.5 Å². The molecule has 0 aromatic heterocycles. The fourth-order valence-corrected chi connectivity index (χ4v) is 0.951. The Morgan fingerprint density at radius 3 is 2.40 bits per heavy atom. The third kappa shape index (κ3) is 10.6. The zero-order chi connectivity index (χ0) is 11.4. The number of carbonyl (C=O) groups excluding carboxylic acids is 1. The van der Waals surface area contributed by atoms with Gasteiger partial charge >= 0.3 is 5.97 Å². The number of methoxy groups -OCH3 is 1. The maximum atomic E-state index is 10.7. The summed E-state index contributed by atoms with van der Waals surface area (Å²) in [6.45, 7) is 2.18. The number of ether oxygens (including phenoxy) is 1. The molecule has 0 aliphatic rings. The van der Waals surface area contributed by atoms with Gasteiger partial charge in [0.2, 0.25) is 0 Å². The van der Waals surface area contributed by atoms with Gasteiger partial charge in [-0.3, -0.25) is 4.79 Å². The van der Waals surface area contributed by atoms with Gasteiger partial charge in [-0.05, 0) is 6.42 Å². The van der Waals surface area contributed by atoms with E-state index in [-0.39, 0.29) is 5.97 Å². The highest BCUT2D eigenvalue weighted by Gasteiger charge is 1.91. The minimum absolute atomic E-state index is 0.210. The number of carbonyl (C=O) groups is 1. The monoisotopic (exact) mass is 208 g/mol. The van der Waals surface area contributed by atoms with Crippen LogP contribution in [0.3, 0.4) is 0 Å². The largest absolute Gasteiger partial charge is 0.469 e. The summed E-state index contributed by atoms with van der Waals surface area (Å²) in [4.78, 5) is 10.7. The van der Waals surface area contributed by atoms with Crippen LogP contribution in [0.5, 0.6) is 0 Å². The van der Waals surface area contributed by atoms with Crippen LogP contribution in [0.15, 0.2) is 36.5 Å². The molecule has 0 N–H and O–H groups in total. The second-order valence-corrected chi connectivity index (χ2v) is 3.16. The molecule has 15 heavy (non-hydrogen) atoms. The Morgan fingerprint density at radius 2 is 1.80 bits per heavy atom. The summed E-state index contributed by atoms with van der Waals surface area (Å²) in [6, 6.07) is 0. The van der Waals surface area contributed by atoms with Gasteiger partial charge in [-0.1, -0.05) is 56.2 Å². The van der Waals surface area contributed by atoms with E-state index < -0.39 is 0 Å². The molecule has 0 unspecified atom stereocenters. The number of allylic oxidation sites excluding steroid dienone is 5. The SMILES string of the molecule is CCCCC=CC=CC=CCC(=O)OC. The molecule has 0 radical (unpaired) electrons. The van der Waals surface area contributed by atoms with Crippen LogP contribution < -0.4 is 0 Å². The van der Waals surface area contributed by atoms with Crippen LogP contribution in [-0.2, 0) is 9.53 Å². The van der Waals surface area contributed by atoms with E-state index in [4.69, 9.17) is 0 Å². The Labute approximate surface area is 92.3 Å². The van der Waals surface area contributed by atoms with E-state index in [1.807, 2.05) is 24.3 Å². The van der Waals surface area contributed by atoms with Crippen molar-refractivity contribution < 1.29 is 9.53 Å². The summed E-state index contributed by atoms with van der Waals surface area (Å²) in [6.07, 6.45) is 15.6. The Bertz CT molecular complexity index is 237. The van der Waals surface area contributed by atoms with Crippen LogP contribution in [0.1, 0.15) is 32.6 Å². The minimum Gasteiger partial charge on any atom is -0.469 e. The first-order chi connectivity index (χ1) is 7.31. The molecule has 0 amide bonds. The van der Waals surface area contributed by atoms with E-state index in [9.17, 15) is 4.79 Å². The number of hydrogen-bond donors (Lipinski definition) is 0. The lowest BCUT2D eigenvalue weighted by Crippen LogP contribution is -1.96. The number of esters is 1. The highest BCUT2D eigenvalue weighted by Crippen LogP contribution is 1.95. The van der Waals surface area contributed by atoms with Gasteiger partial charge in [0, 0.05) is 0 Å². The van der Waals surface area contributed by atoms with Crippen LogP contribution in [0.25, 0.3) is 0 Å². The van der Waals surface area contributed by atoms with Gasteiger partial charge in [0.15, 0.2) is 0 Å². The van der Waals surface area contributed by atoms with Gasteiger partial charge in [-0.2, -0.15) is 0 Å². The van der Waals surface area contributed by atoms with Crippen molar-refractivity contribution in [2.75, 3.05) is 7.11 Å². The van der Waals surface area contributed by atoms with Gasteiger partial charge in [0.25, 0.3) is 0 Å². The summed E-state index contributed by atoms with van der Waals surface area (Å²) in [7, 11) is 1.39. The Hall–Kier alpha value is -1.31. The van der Waals surface area contributed by atoms with E-state index in [1.54, 1.807) is 6.08 Å². The number of unbranched alkanes of at least 4 members (excludes halogenated alkanes) is 2. The third-order valence-corrected chi connectivity index (χ3v) is 1.84. The molecule has 0 saturated carbocycles. The van der Waals surface area contributed by atoms with Gasteiger partial charge in [-0.25, -0.2) is 0 Å². The quantitative estimate of drug-likeness (QED) is 0.364. The van der Waals surface area contributed by atoms with Gasteiger partial charge in [0.05, 0.1) is 13.5 Å². The maximum Gasteiger partial charge on any atom is 0.309 e. The first kappa shape index (κ1) is 13.7. The predicted octanol–water partition coefficient (Wildman–Crippen LogP) is 3.41. The maximum absolute atomic E-state index is 10.7. The zero-order valence-electron chi connectivity index (χ0n) is 9.61. The van der Waals surface area contributed by atoms with Crippen molar-refractivity contribution in [2.24, 2.45) is 0 Å². The van der Waals surface area contributed by atoms with Crippen LogP contribution in [0, 0.1) is 0 Å². The average molecular weight is 208 g/mol. The van der Waals surface area contributed by atoms with E-state index >= 15 is 0 Å². The number of hydrogen-bond acceptors (Lipinski definition) is 2. The standard InChI is InChI=1S/C13H20O2/c1-3-4-5-6-7-8-9-10-11-12-13(14)15-2/h6-11H,3-5,12H2,1-2H3. The smallest absolute Gasteiger partial charge is 0.309 e. The predicted molar refractivity (Wildman–Crippen MR) is 63.6 cm³/mol. The lowest BCUT2D eigenvalue weighted by molar-refractivity contribution is -0.139. The van der Waals surface area contributed by atoms with E-state index in [0.717, 1.165) is 6.42 Å². The fourth-order valence-electron chi connectivity index (χ4n) is 0.951. The molecule has 0 rings (SSSR count). The van der Waals surface area contributed by atoms with Crippen molar-refractivity contribution >= 4 is 5.97 Å². The van der Waals surface area contributed by atoms with Crippen molar-refractivity contribution in [1.29, 1.82) is 0 Å². The molecule has 0 aromatic rings. The molecule has 0 saturated heterocycles. The summed E-state index contributed by atoms with van der Waals surface area (Å²) in [5.74, 6) is -0.210. The van der Waals surface area contributed by atoms with Crippen molar-refractivity contribution in [1.82, 2.24) is 0 Å². The Kier molecular flexibility index (Phi) is 9.83. The molecule has 2 nitrogen and oxygen atoms in total. The summed E-state index contributed by atoms with van der Waals surface area (Å²) < 4.78 is 4.49. The van der Waals surface area contributed by atoms with E-state index in [0.29, 0.717) is 6.42 Å². The number of rotatable bonds is 7. The normalized spacial score (nSPS) is 11.9. The average Bonchev–Trinajstić information content (AvgIpc) is 2.26. The van der Waals surface area contributed by atoms with E-state index in [2.05, 4.69) is 17.7 Å². The van der Waals surface area contributed by atoms with Crippen LogP contribution in [-0.4, -0.2) is 13.1 Å². The summed E-state index contributed by atoms with van der Waals surface area (Å²) in [5, 5.41) is 0. The Morgan fingerprint density at radius 1 is 1.13 bits per heavy atom. The Balaban J connectivity index is 3.52. The molecular weight excluding hydrogens is 188 g/mol. The summed E-state index contributed by atoms with van der Waals surface area (Å²) in [5.41, 5.74) is 0. The third-order valence-electron chi connectivity index (χ3n) is 1.84. The molecule has 0 aromatic carbocycles. The second-order valence-electron chi connectivity index (χ2n) is 3.16. The van der Waals surface area contributed by atoms with Crippen molar-refractivity contribution in [2.45, 2.75) is 32.6 Å². The van der Waals surface area contributed by atoms with Crippen molar-refractivity contribution in [3.63, 3.8) is 0 Å². The molecule has 0 aliphatic carbocycles. The van der Waals surface area contributed by atoms with Crippen LogP contribution >= 0.6 is 0 Å². The highest BCUT2D eigenvalue weighted by molar-refractivity contribution is 5.70. The summed E-state index contributed by atoms with van der Waals surface area (Å²) >= 11 is 0. The molecule has 0 fully saturated rings. The molecule has 0 heterocycles. The molecule has 0 aliphatic heterocycles. The molecule has 0 spiro atoms. The van der Waals surface area contributed by atoms with Gasteiger partial charge in [0.1, 0.15) is 0 Å². The zero-order valence-corrected chi connectivity index (χ0v) is 9.61. The van der Waals surface area contributed by atoms with E-state index in [1.165, 1.54) is 20.0 Å². The topological polar surface area (TPSA) is 26.3 Å². The fraction of sp³-hybridized carbons (Fsp3) is 0.462. The first-order valence-corrected chi connectivity index (χ1v) is 5.36. The second kappa shape index (κ2) is 10.8. The highest BCUT2D eigenvalue weighted by atomic mass is 16.5. The molecule has 0 atom stereocenters. The van der Waals surface area contributed by atoms with Gasteiger partial charge < -0.3 is 4.74 Å². The lowest BCUT2D eigenvalue weighted by Gasteiger charge is -1.90. The molecule has 84 valence electrons. The van der Waals surface area contributed by atoms with Crippen LogP contribution in [0.4, 0.5) is 0 Å². The molecule has 2 heteroatoms.